The highest BCUT2D eigenvalue weighted by molar-refractivity contribution is 5.81. The van der Waals surface area contributed by atoms with Gasteiger partial charge in [0.2, 0.25) is 5.91 Å². The number of furan rings is 1. The summed E-state index contributed by atoms with van der Waals surface area (Å²) >= 11 is 0. The van der Waals surface area contributed by atoms with Crippen LogP contribution in [0, 0.1) is 5.92 Å². The van der Waals surface area contributed by atoms with Crippen molar-refractivity contribution < 1.29 is 14.3 Å². The molecular weight excluding hydrogens is 388 g/mol. The van der Waals surface area contributed by atoms with Gasteiger partial charge in [-0.3, -0.25) is 4.79 Å². The maximum Gasteiger partial charge on any atom is 0.223 e. The fourth-order valence-electron chi connectivity index (χ4n) is 5.41. The number of hydrogen-bond acceptors (Lipinski definition) is 4. The van der Waals surface area contributed by atoms with Gasteiger partial charge in [-0.05, 0) is 96.3 Å². The number of nitrogens with zero attached hydrogens (tertiary/aromatic N) is 1. The number of rotatable bonds is 7. The summed E-state index contributed by atoms with van der Waals surface area (Å²) in [6.07, 6.45) is 10.4. The highest BCUT2D eigenvalue weighted by Gasteiger charge is 2.27. The molecule has 4 rings (SSSR count). The zero-order chi connectivity index (χ0) is 21.8. The van der Waals surface area contributed by atoms with Crippen molar-refractivity contribution in [3.8, 4) is 0 Å². The van der Waals surface area contributed by atoms with Crippen LogP contribution < -0.4 is 5.32 Å². The van der Waals surface area contributed by atoms with Crippen molar-refractivity contribution in [2.75, 3.05) is 19.6 Å². The zero-order valence-corrected chi connectivity index (χ0v) is 19.1. The molecular formula is C26H38N2O3. The van der Waals surface area contributed by atoms with Gasteiger partial charge in [0.05, 0.1) is 18.3 Å². The van der Waals surface area contributed by atoms with Crippen LogP contribution >= 0.6 is 0 Å². The van der Waals surface area contributed by atoms with Crippen LogP contribution in [-0.2, 0) is 4.79 Å². The quantitative estimate of drug-likeness (QED) is 0.665. The van der Waals surface area contributed by atoms with Crippen molar-refractivity contribution in [2.24, 2.45) is 5.92 Å². The molecule has 1 amide bonds. The van der Waals surface area contributed by atoms with Gasteiger partial charge >= 0.3 is 0 Å². The first-order valence-electron chi connectivity index (χ1n) is 12.1. The maximum atomic E-state index is 12.0. The molecule has 1 saturated carbocycles. The van der Waals surface area contributed by atoms with Crippen molar-refractivity contribution in [2.45, 2.75) is 82.8 Å². The van der Waals surface area contributed by atoms with Crippen LogP contribution in [0.4, 0.5) is 0 Å². The second-order valence-corrected chi connectivity index (χ2v) is 10.4. The molecule has 0 spiro atoms. The molecule has 2 fully saturated rings. The van der Waals surface area contributed by atoms with Crippen molar-refractivity contribution in [3.63, 3.8) is 0 Å². The highest BCUT2D eigenvalue weighted by atomic mass is 16.3. The second-order valence-electron chi connectivity index (χ2n) is 10.4. The lowest BCUT2D eigenvalue weighted by atomic mass is 9.83. The fourth-order valence-corrected chi connectivity index (χ4v) is 5.41. The molecule has 1 aromatic heterocycles. The molecule has 1 aliphatic heterocycles. The first-order chi connectivity index (χ1) is 14.9. The van der Waals surface area contributed by atoms with Gasteiger partial charge in [0.1, 0.15) is 5.58 Å². The van der Waals surface area contributed by atoms with Gasteiger partial charge in [0, 0.05) is 17.0 Å². The number of carbonyl (C=O) groups is 1. The van der Waals surface area contributed by atoms with Crippen molar-refractivity contribution in [1.29, 1.82) is 0 Å². The summed E-state index contributed by atoms with van der Waals surface area (Å²) in [5.41, 5.74) is 1.46. The lowest BCUT2D eigenvalue weighted by molar-refractivity contribution is -0.125. The first-order valence-corrected chi connectivity index (χ1v) is 12.1. The Hall–Kier alpha value is -1.85. The molecule has 2 N–H and O–H groups in total. The maximum absolute atomic E-state index is 12.0. The van der Waals surface area contributed by atoms with E-state index < -0.39 is 5.60 Å². The monoisotopic (exact) mass is 426 g/mol. The molecule has 170 valence electrons. The number of para-hydroxylation sites is 1. The van der Waals surface area contributed by atoms with E-state index in [-0.39, 0.29) is 18.4 Å². The summed E-state index contributed by atoms with van der Waals surface area (Å²) in [7, 11) is 0. The Bertz CT molecular complexity index is 853. The number of hydrogen-bond donors (Lipinski definition) is 2. The number of carbonyl (C=O) groups excluding carboxylic acids is 1. The van der Waals surface area contributed by atoms with Gasteiger partial charge in [-0.2, -0.15) is 0 Å². The SMILES string of the molecule is CC(C)(O)CC(=O)N[C@H]1CC[C@H](CCN2CCC(c3coc4ccccc34)CC2)CC1. The zero-order valence-electron chi connectivity index (χ0n) is 19.1. The summed E-state index contributed by atoms with van der Waals surface area (Å²) < 4.78 is 5.76. The number of piperidine rings is 1. The van der Waals surface area contributed by atoms with Crippen LogP contribution in [0.25, 0.3) is 11.0 Å². The number of amides is 1. The average Bonchev–Trinajstić information content (AvgIpc) is 3.16. The molecule has 0 radical (unpaired) electrons. The Morgan fingerprint density at radius 1 is 1.13 bits per heavy atom. The van der Waals surface area contributed by atoms with Crippen LogP contribution in [0.5, 0.6) is 0 Å². The van der Waals surface area contributed by atoms with Crippen molar-refractivity contribution in [3.05, 3.63) is 36.1 Å². The highest BCUT2D eigenvalue weighted by Crippen LogP contribution is 2.35. The number of fused-ring (bicyclic) bond motifs is 1. The van der Waals surface area contributed by atoms with E-state index in [2.05, 4.69) is 28.4 Å². The molecule has 31 heavy (non-hydrogen) atoms. The van der Waals surface area contributed by atoms with Crippen molar-refractivity contribution >= 4 is 16.9 Å². The predicted molar refractivity (Wildman–Crippen MR) is 124 cm³/mol. The Kier molecular flexibility index (Phi) is 7.02. The lowest BCUT2D eigenvalue weighted by Gasteiger charge is -2.34. The van der Waals surface area contributed by atoms with E-state index in [9.17, 15) is 9.90 Å². The normalized spacial score (nSPS) is 23.8. The van der Waals surface area contributed by atoms with Gasteiger partial charge in [-0.15, -0.1) is 0 Å². The van der Waals surface area contributed by atoms with Gasteiger partial charge < -0.3 is 19.7 Å². The van der Waals surface area contributed by atoms with E-state index in [4.69, 9.17) is 4.42 Å². The molecule has 2 aliphatic rings. The van der Waals surface area contributed by atoms with Crippen LogP contribution in [0.2, 0.25) is 0 Å². The summed E-state index contributed by atoms with van der Waals surface area (Å²) in [6.45, 7) is 6.91. The third-order valence-electron chi connectivity index (χ3n) is 7.20. The van der Waals surface area contributed by atoms with Gasteiger partial charge in [0.15, 0.2) is 0 Å². The number of likely N-dealkylation sites (tertiary alicyclic amines) is 1. The lowest BCUT2D eigenvalue weighted by Crippen LogP contribution is -2.41. The summed E-state index contributed by atoms with van der Waals surface area (Å²) in [4.78, 5) is 14.7. The average molecular weight is 427 g/mol. The second kappa shape index (κ2) is 9.74. The molecule has 5 heteroatoms. The topological polar surface area (TPSA) is 65.7 Å². The van der Waals surface area contributed by atoms with E-state index in [1.807, 2.05) is 12.3 Å². The smallest absolute Gasteiger partial charge is 0.223 e. The van der Waals surface area contributed by atoms with E-state index in [0.717, 1.165) is 24.3 Å². The van der Waals surface area contributed by atoms with E-state index in [1.165, 1.54) is 62.7 Å². The Labute approximate surface area is 186 Å². The minimum atomic E-state index is -0.931. The molecule has 1 saturated heterocycles. The largest absolute Gasteiger partial charge is 0.464 e. The number of aliphatic hydroxyl groups is 1. The molecule has 2 aromatic rings. The van der Waals surface area contributed by atoms with Crippen molar-refractivity contribution in [1.82, 2.24) is 10.2 Å². The molecule has 0 atom stereocenters. The predicted octanol–water partition coefficient (Wildman–Crippen LogP) is 4.84. The van der Waals surface area contributed by atoms with Crippen LogP contribution in [-0.4, -0.2) is 47.2 Å². The minimum absolute atomic E-state index is 0.0239. The Balaban J connectivity index is 1.15. The van der Waals surface area contributed by atoms with Crippen LogP contribution in [0.15, 0.2) is 34.9 Å². The van der Waals surface area contributed by atoms with Gasteiger partial charge in [-0.1, -0.05) is 18.2 Å². The van der Waals surface area contributed by atoms with Crippen LogP contribution in [0.1, 0.15) is 76.7 Å². The summed E-state index contributed by atoms with van der Waals surface area (Å²) in [5, 5.41) is 14.2. The molecule has 0 bridgehead atoms. The summed E-state index contributed by atoms with van der Waals surface area (Å²) in [6, 6.07) is 8.66. The molecule has 1 aromatic carbocycles. The molecule has 0 unspecified atom stereocenters. The first kappa shape index (κ1) is 22.3. The van der Waals surface area contributed by atoms with Crippen LogP contribution in [0.3, 0.4) is 0 Å². The molecule has 1 aliphatic carbocycles. The van der Waals surface area contributed by atoms with E-state index >= 15 is 0 Å². The molecule has 5 nitrogen and oxygen atoms in total. The third kappa shape index (κ3) is 6.11. The Morgan fingerprint density at radius 3 is 2.55 bits per heavy atom. The minimum Gasteiger partial charge on any atom is -0.464 e. The van der Waals surface area contributed by atoms with Gasteiger partial charge in [-0.25, -0.2) is 0 Å². The Morgan fingerprint density at radius 2 is 1.84 bits per heavy atom. The van der Waals surface area contributed by atoms with Gasteiger partial charge in [0.25, 0.3) is 0 Å². The number of nitrogens with one attached hydrogen (secondary N) is 1. The summed E-state index contributed by atoms with van der Waals surface area (Å²) in [5.74, 6) is 1.37. The third-order valence-corrected chi connectivity index (χ3v) is 7.20. The molecule has 2 heterocycles. The standard InChI is InChI=1S/C26H38N2O3/c1-26(2,30)17-25(29)27-21-9-7-19(8-10-21)11-14-28-15-12-20(13-16-28)23-18-31-24-6-4-3-5-22(23)24/h3-6,18-21,30H,7-17H2,1-2H3,(H,27,29)/t19-,21-. The van der Waals surface area contributed by atoms with E-state index in [0.29, 0.717) is 5.92 Å². The number of benzene rings is 1. The fraction of sp³-hybridized carbons (Fsp3) is 0.654. The van der Waals surface area contributed by atoms with E-state index in [1.54, 1.807) is 13.8 Å².